The highest BCUT2D eigenvalue weighted by Crippen LogP contribution is 2.10. The Bertz CT molecular complexity index is 265. The summed E-state index contributed by atoms with van der Waals surface area (Å²) in [5.41, 5.74) is 0. The zero-order chi connectivity index (χ0) is 14.6. The molecule has 0 spiro atoms. The summed E-state index contributed by atoms with van der Waals surface area (Å²) < 4.78 is 5.03. The number of rotatable bonds is 8. The van der Waals surface area contributed by atoms with Gasteiger partial charge < -0.3 is 20.3 Å². The van der Waals surface area contributed by atoms with Gasteiger partial charge in [0.1, 0.15) is 0 Å². The first-order valence-corrected chi connectivity index (χ1v) is 7.92. The highest BCUT2D eigenvalue weighted by Gasteiger charge is 2.13. The number of aliphatic imine (C=N–C) groups is 1. The molecule has 1 aliphatic heterocycles. The Hall–Kier alpha value is -0.810. The van der Waals surface area contributed by atoms with E-state index in [0.29, 0.717) is 5.92 Å². The van der Waals surface area contributed by atoms with Crippen molar-refractivity contribution >= 4 is 5.96 Å². The Morgan fingerprint density at radius 1 is 1.25 bits per heavy atom. The van der Waals surface area contributed by atoms with E-state index in [-0.39, 0.29) is 0 Å². The van der Waals surface area contributed by atoms with Crippen molar-refractivity contribution in [3.8, 4) is 0 Å². The van der Waals surface area contributed by atoms with Gasteiger partial charge in [-0.1, -0.05) is 13.3 Å². The minimum atomic E-state index is 0.644. The lowest BCUT2D eigenvalue weighted by Gasteiger charge is -2.29. The highest BCUT2D eigenvalue weighted by molar-refractivity contribution is 5.79. The number of piperidine rings is 1. The summed E-state index contributed by atoms with van der Waals surface area (Å²) in [5.74, 6) is 1.54. The molecule has 1 aliphatic rings. The van der Waals surface area contributed by atoms with Crippen molar-refractivity contribution in [3.63, 3.8) is 0 Å². The van der Waals surface area contributed by atoms with E-state index in [1.54, 1.807) is 7.11 Å². The zero-order valence-electron chi connectivity index (χ0n) is 13.5. The fraction of sp³-hybridized carbons (Fsp3) is 0.933. The minimum Gasteiger partial charge on any atom is -0.385 e. The predicted octanol–water partition coefficient (Wildman–Crippen LogP) is 1.31. The lowest BCUT2D eigenvalue weighted by molar-refractivity contribution is 0.195. The first kappa shape index (κ1) is 17.2. The molecule has 20 heavy (non-hydrogen) atoms. The van der Waals surface area contributed by atoms with Crippen LogP contribution in [0.1, 0.15) is 32.6 Å². The molecule has 5 heteroatoms. The molecule has 2 N–H and O–H groups in total. The van der Waals surface area contributed by atoms with Gasteiger partial charge in [0.05, 0.1) is 0 Å². The van der Waals surface area contributed by atoms with Gasteiger partial charge in [0, 0.05) is 40.4 Å². The summed E-state index contributed by atoms with van der Waals surface area (Å²) in [7, 11) is 3.55. The van der Waals surface area contributed by atoms with Crippen LogP contribution in [0.2, 0.25) is 0 Å². The maximum absolute atomic E-state index is 5.03. The average molecular weight is 284 g/mol. The molecule has 0 aromatic rings. The van der Waals surface area contributed by atoms with E-state index >= 15 is 0 Å². The Labute approximate surface area is 124 Å². The van der Waals surface area contributed by atoms with Gasteiger partial charge in [-0.15, -0.1) is 0 Å². The average Bonchev–Trinajstić information content (AvgIpc) is 2.47. The summed E-state index contributed by atoms with van der Waals surface area (Å²) in [6.45, 7) is 8.69. The molecule has 0 aromatic carbocycles. The number of hydrogen-bond acceptors (Lipinski definition) is 3. The minimum absolute atomic E-state index is 0.644. The van der Waals surface area contributed by atoms with Gasteiger partial charge in [-0.2, -0.15) is 0 Å². The van der Waals surface area contributed by atoms with Crippen molar-refractivity contribution in [2.75, 3.05) is 53.5 Å². The van der Waals surface area contributed by atoms with E-state index in [4.69, 9.17) is 4.74 Å². The van der Waals surface area contributed by atoms with Crippen LogP contribution in [0.5, 0.6) is 0 Å². The largest absolute Gasteiger partial charge is 0.385 e. The molecule has 0 saturated carbocycles. The van der Waals surface area contributed by atoms with Crippen LogP contribution < -0.4 is 10.6 Å². The summed E-state index contributed by atoms with van der Waals surface area (Å²) in [6.07, 6.45) is 5.13. The number of ether oxygens (including phenoxy) is 1. The number of guanidine groups is 1. The molecule has 1 fully saturated rings. The molecular formula is C15H32N4O. The lowest BCUT2D eigenvalue weighted by Crippen LogP contribution is -2.42. The summed E-state index contributed by atoms with van der Waals surface area (Å²) in [4.78, 5) is 6.83. The molecule has 1 rings (SSSR count). The first-order chi connectivity index (χ1) is 9.76. The quantitative estimate of drug-likeness (QED) is 0.401. The van der Waals surface area contributed by atoms with Crippen LogP contribution >= 0.6 is 0 Å². The van der Waals surface area contributed by atoms with Gasteiger partial charge in [0.15, 0.2) is 5.96 Å². The molecule has 1 saturated heterocycles. The number of hydrogen-bond donors (Lipinski definition) is 2. The zero-order valence-corrected chi connectivity index (χ0v) is 13.5. The third-order valence-electron chi connectivity index (χ3n) is 3.68. The van der Waals surface area contributed by atoms with Crippen molar-refractivity contribution in [3.05, 3.63) is 0 Å². The van der Waals surface area contributed by atoms with E-state index < -0.39 is 0 Å². The SMILES string of the molecule is CN=C(NCCCOC)NCC(C)CN1CCCCC1. The van der Waals surface area contributed by atoms with Crippen molar-refractivity contribution in [1.29, 1.82) is 0 Å². The van der Waals surface area contributed by atoms with Crippen molar-refractivity contribution in [2.45, 2.75) is 32.6 Å². The number of methoxy groups -OCH3 is 1. The van der Waals surface area contributed by atoms with Crippen molar-refractivity contribution in [1.82, 2.24) is 15.5 Å². The van der Waals surface area contributed by atoms with Gasteiger partial charge in [0.25, 0.3) is 0 Å². The maximum atomic E-state index is 5.03. The van der Waals surface area contributed by atoms with Gasteiger partial charge in [-0.05, 0) is 38.3 Å². The molecule has 5 nitrogen and oxygen atoms in total. The van der Waals surface area contributed by atoms with Crippen LogP contribution in [-0.4, -0.2) is 64.3 Å². The highest BCUT2D eigenvalue weighted by atomic mass is 16.5. The van der Waals surface area contributed by atoms with Crippen LogP contribution in [0.25, 0.3) is 0 Å². The van der Waals surface area contributed by atoms with E-state index in [1.807, 2.05) is 7.05 Å². The molecule has 0 aliphatic carbocycles. The third-order valence-corrected chi connectivity index (χ3v) is 3.68. The molecule has 0 amide bonds. The Kier molecular flexibility index (Phi) is 9.41. The smallest absolute Gasteiger partial charge is 0.190 e. The topological polar surface area (TPSA) is 48.9 Å². The van der Waals surface area contributed by atoms with E-state index in [2.05, 4.69) is 27.4 Å². The standard InChI is InChI=1S/C15H32N4O/c1-14(13-19-9-5-4-6-10-19)12-18-15(16-2)17-8-7-11-20-3/h14H,4-13H2,1-3H3,(H2,16,17,18). The van der Waals surface area contributed by atoms with Crippen LogP contribution in [0.3, 0.4) is 0 Å². The molecule has 118 valence electrons. The van der Waals surface area contributed by atoms with Crippen LogP contribution in [0.4, 0.5) is 0 Å². The molecular weight excluding hydrogens is 252 g/mol. The Morgan fingerprint density at radius 2 is 2.00 bits per heavy atom. The molecule has 0 radical (unpaired) electrons. The summed E-state index contributed by atoms with van der Waals surface area (Å²) in [6, 6.07) is 0. The first-order valence-electron chi connectivity index (χ1n) is 7.92. The fourth-order valence-corrected chi connectivity index (χ4v) is 2.56. The lowest BCUT2D eigenvalue weighted by atomic mass is 10.1. The van der Waals surface area contributed by atoms with E-state index in [1.165, 1.54) is 38.9 Å². The van der Waals surface area contributed by atoms with Gasteiger partial charge in [-0.25, -0.2) is 0 Å². The van der Waals surface area contributed by atoms with Crippen LogP contribution in [0.15, 0.2) is 4.99 Å². The van der Waals surface area contributed by atoms with Gasteiger partial charge in [0.2, 0.25) is 0 Å². The molecule has 1 heterocycles. The number of likely N-dealkylation sites (tertiary alicyclic amines) is 1. The second kappa shape index (κ2) is 10.9. The monoisotopic (exact) mass is 284 g/mol. The van der Waals surface area contributed by atoms with E-state index in [0.717, 1.165) is 32.1 Å². The summed E-state index contributed by atoms with van der Waals surface area (Å²) >= 11 is 0. The van der Waals surface area contributed by atoms with Gasteiger partial charge in [-0.3, -0.25) is 4.99 Å². The Morgan fingerprint density at radius 3 is 2.65 bits per heavy atom. The van der Waals surface area contributed by atoms with Crippen LogP contribution in [-0.2, 0) is 4.74 Å². The predicted molar refractivity (Wildman–Crippen MR) is 85.3 cm³/mol. The molecule has 0 bridgehead atoms. The van der Waals surface area contributed by atoms with Crippen molar-refractivity contribution < 1.29 is 4.74 Å². The Balaban J connectivity index is 2.12. The normalized spacial score (nSPS) is 18.9. The maximum Gasteiger partial charge on any atom is 0.190 e. The third kappa shape index (κ3) is 7.70. The second-order valence-corrected chi connectivity index (χ2v) is 5.69. The summed E-state index contributed by atoms with van der Waals surface area (Å²) in [5, 5.41) is 6.72. The molecule has 1 atom stereocenters. The van der Waals surface area contributed by atoms with Crippen LogP contribution in [0, 0.1) is 5.92 Å². The molecule has 1 unspecified atom stereocenters. The van der Waals surface area contributed by atoms with Gasteiger partial charge >= 0.3 is 0 Å². The second-order valence-electron chi connectivity index (χ2n) is 5.69. The fourth-order valence-electron chi connectivity index (χ4n) is 2.56. The number of nitrogens with one attached hydrogen (secondary N) is 2. The molecule has 0 aromatic heterocycles. The number of nitrogens with zero attached hydrogens (tertiary/aromatic N) is 2. The van der Waals surface area contributed by atoms with Crippen molar-refractivity contribution in [2.24, 2.45) is 10.9 Å². The van der Waals surface area contributed by atoms with E-state index in [9.17, 15) is 0 Å².